The van der Waals surface area contributed by atoms with Crippen LogP contribution in [0.4, 0.5) is 5.69 Å². The van der Waals surface area contributed by atoms with E-state index in [1.165, 1.54) is 12.1 Å². The zero-order valence-electron chi connectivity index (χ0n) is 12.6. The molecule has 0 amide bonds. The number of benzene rings is 1. The molecule has 0 unspecified atom stereocenters. The van der Waals surface area contributed by atoms with Crippen LogP contribution in [-0.2, 0) is 4.74 Å². The van der Waals surface area contributed by atoms with Crippen LogP contribution in [0.25, 0.3) is 11.3 Å². The molecule has 1 atom stereocenters. The molecular formula is C16H18N2O3S. The summed E-state index contributed by atoms with van der Waals surface area (Å²) in [5.41, 5.74) is 1.81. The van der Waals surface area contributed by atoms with Crippen LogP contribution in [0.1, 0.15) is 37.6 Å². The Kier molecular flexibility index (Phi) is 3.97. The molecule has 0 radical (unpaired) electrons. The minimum atomic E-state index is -0.389. The zero-order valence-corrected chi connectivity index (χ0v) is 13.4. The molecule has 2 aromatic rings. The predicted octanol–water partition coefficient (Wildman–Crippen LogP) is 4.39. The van der Waals surface area contributed by atoms with Crippen molar-refractivity contribution in [3.8, 4) is 11.3 Å². The Balaban J connectivity index is 1.80. The van der Waals surface area contributed by atoms with E-state index in [1.54, 1.807) is 23.5 Å². The number of nitrogens with zero attached hydrogens (tertiary/aromatic N) is 2. The van der Waals surface area contributed by atoms with Gasteiger partial charge in [-0.25, -0.2) is 4.98 Å². The summed E-state index contributed by atoms with van der Waals surface area (Å²) in [6.45, 7) is 5.00. The van der Waals surface area contributed by atoms with Gasteiger partial charge in [0.05, 0.1) is 21.2 Å². The van der Waals surface area contributed by atoms with Crippen molar-refractivity contribution in [2.45, 2.75) is 38.2 Å². The Hall–Kier alpha value is -1.79. The van der Waals surface area contributed by atoms with Crippen LogP contribution in [0.2, 0.25) is 0 Å². The minimum Gasteiger partial charge on any atom is -0.376 e. The maximum absolute atomic E-state index is 10.7. The van der Waals surface area contributed by atoms with E-state index >= 15 is 0 Å². The number of rotatable bonds is 3. The molecular weight excluding hydrogens is 300 g/mol. The molecule has 1 saturated heterocycles. The second-order valence-corrected chi connectivity index (χ2v) is 7.06. The summed E-state index contributed by atoms with van der Waals surface area (Å²) in [7, 11) is 0. The van der Waals surface area contributed by atoms with Crippen molar-refractivity contribution in [2.75, 3.05) is 6.61 Å². The highest BCUT2D eigenvalue weighted by Gasteiger charge is 2.31. The first kappa shape index (κ1) is 15.1. The molecule has 1 fully saturated rings. The van der Waals surface area contributed by atoms with Crippen molar-refractivity contribution < 1.29 is 9.66 Å². The lowest BCUT2D eigenvalue weighted by Crippen LogP contribution is -2.32. The van der Waals surface area contributed by atoms with Gasteiger partial charge in [0.25, 0.3) is 5.69 Å². The molecule has 0 bridgehead atoms. The molecule has 1 aromatic carbocycles. The van der Waals surface area contributed by atoms with E-state index in [4.69, 9.17) is 9.72 Å². The van der Waals surface area contributed by atoms with E-state index in [1.807, 2.05) is 5.38 Å². The Morgan fingerprint density at radius 1 is 1.36 bits per heavy atom. The number of nitro groups is 1. The first-order valence-corrected chi connectivity index (χ1v) is 8.17. The highest BCUT2D eigenvalue weighted by molar-refractivity contribution is 7.10. The third-order valence-corrected chi connectivity index (χ3v) is 4.95. The summed E-state index contributed by atoms with van der Waals surface area (Å²) in [5, 5.41) is 13.9. The summed E-state index contributed by atoms with van der Waals surface area (Å²) >= 11 is 1.66. The van der Waals surface area contributed by atoms with Crippen LogP contribution >= 0.6 is 11.3 Å². The van der Waals surface area contributed by atoms with Gasteiger partial charge in [0.1, 0.15) is 0 Å². The standard InChI is InChI=1S/C16H18N2O3S/c1-16(2)9-12(7-8-21-16)15-17-14(10-22-15)11-3-5-13(6-4-11)18(19)20/h3-6,10,12H,7-9H2,1-2H3/t12-/m0/s1. The first-order chi connectivity index (χ1) is 10.4. The Morgan fingerprint density at radius 2 is 2.09 bits per heavy atom. The lowest BCUT2D eigenvalue weighted by molar-refractivity contribution is -0.384. The lowest BCUT2D eigenvalue weighted by Gasteiger charge is -2.34. The molecule has 2 heterocycles. The molecule has 1 aliphatic heterocycles. The van der Waals surface area contributed by atoms with E-state index in [9.17, 15) is 10.1 Å². The molecule has 116 valence electrons. The summed E-state index contributed by atoms with van der Waals surface area (Å²) in [5.74, 6) is 0.431. The number of nitro benzene ring substituents is 1. The molecule has 22 heavy (non-hydrogen) atoms. The van der Waals surface area contributed by atoms with E-state index in [-0.39, 0.29) is 16.2 Å². The van der Waals surface area contributed by atoms with E-state index < -0.39 is 0 Å². The van der Waals surface area contributed by atoms with E-state index in [0.29, 0.717) is 5.92 Å². The van der Waals surface area contributed by atoms with Crippen LogP contribution < -0.4 is 0 Å². The molecule has 0 spiro atoms. The van der Waals surface area contributed by atoms with Crippen molar-refractivity contribution >= 4 is 17.0 Å². The van der Waals surface area contributed by atoms with Crippen LogP contribution in [0.5, 0.6) is 0 Å². The van der Waals surface area contributed by atoms with Crippen molar-refractivity contribution in [3.05, 3.63) is 44.8 Å². The number of ether oxygens (including phenoxy) is 1. The van der Waals surface area contributed by atoms with Gasteiger partial charge in [-0.05, 0) is 38.8 Å². The number of hydrogen-bond donors (Lipinski definition) is 0. The summed E-state index contributed by atoms with van der Waals surface area (Å²) in [6.07, 6.45) is 1.97. The molecule has 0 N–H and O–H groups in total. The highest BCUT2D eigenvalue weighted by Crippen LogP contribution is 2.38. The number of thiazole rings is 1. The maximum Gasteiger partial charge on any atom is 0.269 e. The van der Waals surface area contributed by atoms with Gasteiger partial charge in [0.2, 0.25) is 0 Å². The summed E-state index contributed by atoms with van der Waals surface area (Å²) in [4.78, 5) is 15.0. The SMILES string of the molecule is CC1(C)C[C@@H](c2nc(-c3ccc([N+](=O)[O-])cc3)cs2)CCO1. The molecule has 0 saturated carbocycles. The second-order valence-electron chi connectivity index (χ2n) is 6.17. The topological polar surface area (TPSA) is 65.3 Å². The maximum atomic E-state index is 10.7. The fraction of sp³-hybridized carbons (Fsp3) is 0.438. The van der Waals surface area contributed by atoms with E-state index in [2.05, 4.69) is 13.8 Å². The number of aromatic nitrogens is 1. The summed E-state index contributed by atoms with van der Waals surface area (Å²) < 4.78 is 5.76. The normalized spacial score (nSPS) is 20.7. The predicted molar refractivity (Wildman–Crippen MR) is 86.2 cm³/mol. The van der Waals surface area contributed by atoms with Crippen molar-refractivity contribution in [2.24, 2.45) is 0 Å². The van der Waals surface area contributed by atoms with Crippen LogP contribution in [0.15, 0.2) is 29.6 Å². The number of hydrogen-bond acceptors (Lipinski definition) is 5. The quantitative estimate of drug-likeness (QED) is 0.622. The van der Waals surface area contributed by atoms with Crippen molar-refractivity contribution in [3.63, 3.8) is 0 Å². The molecule has 1 aliphatic rings. The molecule has 6 heteroatoms. The fourth-order valence-corrected chi connectivity index (χ4v) is 3.77. The lowest BCUT2D eigenvalue weighted by atomic mass is 9.89. The largest absolute Gasteiger partial charge is 0.376 e. The monoisotopic (exact) mass is 318 g/mol. The van der Waals surface area contributed by atoms with E-state index in [0.717, 1.165) is 35.7 Å². The number of non-ortho nitro benzene ring substituents is 1. The molecule has 5 nitrogen and oxygen atoms in total. The van der Waals surface area contributed by atoms with Crippen molar-refractivity contribution in [1.29, 1.82) is 0 Å². The van der Waals surface area contributed by atoms with Gasteiger partial charge in [-0.1, -0.05) is 0 Å². The van der Waals surface area contributed by atoms with Gasteiger partial charge in [-0.15, -0.1) is 11.3 Å². The van der Waals surface area contributed by atoms with Gasteiger partial charge in [0.15, 0.2) is 0 Å². The van der Waals surface area contributed by atoms with Crippen LogP contribution in [0, 0.1) is 10.1 Å². The van der Waals surface area contributed by atoms with Gasteiger partial charge >= 0.3 is 0 Å². The summed E-state index contributed by atoms with van der Waals surface area (Å²) in [6, 6.07) is 6.55. The van der Waals surface area contributed by atoms with Crippen molar-refractivity contribution in [1.82, 2.24) is 4.98 Å². The van der Waals surface area contributed by atoms with Crippen LogP contribution in [-0.4, -0.2) is 22.1 Å². The second kappa shape index (κ2) is 5.78. The first-order valence-electron chi connectivity index (χ1n) is 7.29. The third-order valence-electron chi connectivity index (χ3n) is 3.94. The minimum absolute atomic E-state index is 0.0951. The Bertz CT molecular complexity index is 679. The third kappa shape index (κ3) is 3.18. The Morgan fingerprint density at radius 3 is 2.73 bits per heavy atom. The van der Waals surface area contributed by atoms with Gasteiger partial charge in [-0.3, -0.25) is 10.1 Å². The smallest absolute Gasteiger partial charge is 0.269 e. The average Bonchev–Trinajstić information content (AvgIpc) is 2.96. The molecule has 3 rings (SSSR count). The zero-order chi connectivity index (χ0) is 15.7. The highest BCUT2D eigenvalue weighted by atomic mass is 32.1. The fourth-order valence-electron chi connectivity index (χ4n) is 2.80. The van der Waals surface area contributed by atoms with Gasteiger partial charge in [0, 0.05) is 35.6 Å². The average molecular weight is 318 g/mol. The molecule has 0 aliphatic carbocycles. The Labute approximate surface area is 133 Å². The molecule has 1 aromatic heterocycles. The van der Waals surface area contributed by atoms with Gasteiger partial charge < -0.3 is 4.74 Å². The van der Waals surface area contributed by atoms with Gasteiger partial charge in [-0.2, -0.15) is 0 Å². The van der Waals surface area contributed by atoms with Crippen LogP contribution in [0.3, 0.4) is 0 Å².